The third-order valence-corrected chi connectivity index (χ3v) is 4.14. The van der Waals surface area contributed by atoms with Gasteiger partial charge in [-0.3, -0.25) is 10.1 Å². The van der Waals surface area contributed by atoms with Crippen molar-refractivity contribution in [2.75, 3.05) is 0 Å². The third kappa shape index (κ3) is 3.22. The number of nitro groups is 1. The third-order valence-electron chi connectivity index (χ3n) is 3.20. The van der Waals surface area contributed by atoms with Gasteiger partial charge in [0.15, 0.2) is 0 Å². The van der Waals surface area contributed by atoms with Gasteiger partial charge in [-0.25, -0.2) is 9.78 Å². The maximum absolute atomic E-state index is 12.0. The number of rotatable bonds is 3. The molecule has 0 aliphatic heterocycles. The van der Waals surface area contributed by atoms with Gasteiger partial charge in [0.25, 0.3) is 5.69 Å². The number of fused-ring (bicyclic) bond motifs is 1. The van der Waals surface area contributed by atoms with E-state index in [-0.39, 0.29) is 16.6 Å². The fourth-order valence-electron chi connectivity index (χ4n) is 2.09. The smallest absolute Gasteiger partial charge is 0.347 e. The normalized spacial score (nSPS) is 11.7. The Morgan fingerprint density at radius 2 is 2.04 bits per heavy atom. The van der Waals surface area contributed by atoms with Crippen LogP contribution in [0.1, 0.15) is 11.5 Å². The molecule has 1 aromatic heterocycles. The Kier molecular flexibility index (Phi) is 4.46. The highest BCUT2D eigenvalue weighted by Crippen LogP contribution is 2.28. The van der Waals surface area contributed by atoms with Gasteiger partial charge in [0.1, 0.15) is 5.03 Å². The predicted molar refractivity (Wildman–Crippen MR) is 94.8 cm³/mol. The minimum atomic E-state index is -0.552. The maximum atomic E-state index is 12.0. The molecule has 0 atom stereocenters. The van der Waals surface area contributed by atoms with Crippen LogP contribution in [0.15, 0.2) is 56.1 Å². The molecule has 0 N–H and O–H groups in total. The zero-order chi connectivity index (χ0) is 17.3. The molecule has 3 rings (SSSR count). The van der Waals surface area contributed by atoms with Gasteiger partial charge in [-0.1, -0.05) is 29.8 Å². The van der Waals surface area contributed by atoms with E-state index in [1.165, 1.54) is 18.2 Å². The van der Waals surface area contributed by atoms with Gasteiger partial charge < -0.3 is 4.42 Å². The Bertz CT molecular complexity index is 1050. The standard InChI is InChI=1S/C16H8BrClN2O4/c17-11-6-5-9(8-14(11)20(22)23)7-12(18)15-19-13-4-2-1-3-10(13)16(21)24-15/h1-8H/b12-7-. The highest BCUT2D eigenvalue weighted by Gasteiger charge is 2.13. The number of nitro benzene ring substituents is 1. The van der Waals surface area contributed by atoms with Gasteiger partial charge in [-0.15, -0.1) is 0 Å². The molecule has 0 amide bonds. The van der Waals surface area contributed by atoms with E-state index < -0.39 is 10.5 Å². The van der Waals surface area contributed by atoms with E-state index in [9.17, 15) is 14.9 Å². The van der Waals surface area contributed by atoms with Crippen molar-refractivity contribution in [2.45, 2.75) is 0 Å². The summed E-state index contributed by atoms with van der Waals surface area (Å²) in [6, 6.07) is 11.3. The SMILES string of the molecule is O=c1oc(/C(Cl)=C/c2ccc(Br)c([N+](=O)[O-])c2)nc2ccccc12. The zero-order valence-electron chi connectivity index (χ0n) is 11.9. The molecule has 1 heterocycles. The van der Waals surface area contributed by atoms with Gasteiger partial charge in [0.2, 0.25) is 5.89 Å². The Hall–Kier alpha value is -2.51. The van der Waals surface area contributed by atoms with Gasteiger partial charge in [-0.05, 0) is 45.8 Å². The number of halogens is 2. The van der Waals surface area contributed by atoms with Gasteiger partial charge in [-0.2, -0.15) is 0 Å². The Morgan fingerprint density at radius 1 is 1.29 bits per heavy atom. The molecule has 0 saturated carbocycles. The molecule has 0 saturated heterocycles. The van der Waals surface area contributed by atoms with Crippen molar-refractivity contribution < 1.29 is 9.34 Å². The van der Waals surface area contributed by atoms with E-state index in [1.54, 1.807) is 30.3 Å². The fraction of sp³-hybridized carbons (Fsp3) is 0. The number of benzene rings is 2. The van der Waals surface area contributed by atoms with Crippen LogP contribution in [-0.2, 0) is 0 Å². The maximum Gasteiger partial charge on any atom is 0.347 e. The van der Waals surface area contributed by atoms with Crippen molar-refractivity contribution in [3.05, 3.63) is 78.9 Å². The Morgan fingerprint density at radius 3 is 2.79 bits per heavy atom. The van der Waals surface area contributed by atoms with Crippen LogP contribution < -0.4 is 5.63 Å². The first-order valence-corrected chi connectivity index (χ1v) is 7.84. The molecule has 0 unspecified atom stereocenters. The second-order valence-corrected chi connectivity index (χ2v) is 6.05. The van der Waals surface area contributed by atoms with Crippen LogP contribution in [0.25, 0.3) is 22.0 Å². The summed E-state index contributed by atoms with van der Waals surface area (Å²) in [5.74, 6) is -0.0501. The van der Waals surface area contributed by atoms with Crippen LogP contribution in [0.4, 0.5) is 5.69 Å². The molecule has 0 radical (unpaired) electrons. The van der Waals surface area contributed by atoms with Crippen LogP contribution in [0, 0.1) is 10.1 Å². The summed E-state index contributed by atoms with van der Waals surface area (Å²) in [4.78, 5) is 26.6. The molecule has 0 fully saturated rings. The molecule has 0 bridgehead atoms. The minimum Gasteiger partial charge on any atom is -0.402 e. The van der Waals surface area contributed by atoms with E-state index >= 15 is 0 Å². The quantitative estimate of drug-likeness (QED) is 0.468. The minimum absolute atomic E-state index is 0.0501. The Balaban J connectivity index is 2.07. The first-order valence-electron chi connectivity index (χ1n) is 6.67. The van der Waals surface area contributed by atoms with Crippen molar-refractivity contribution in [3.8, 4) is 0 Å². The van der Waals surface area contributed by atoms with Gasteiger partial charge in [0, 0.05) is 6.07 Å². The van der Waals surface area contributed by atoms with E-state index in [1.807, 2.05) is 0 Å². The van der Waals surface area contributed by atoms with Crippen LogP contribution in [0.2, 0.25) is 0 Å². The molecule has 3 aromatic rings. The molecule has 0 aliphatic carbocycles. The molecule has 24 heavy (non-hydrogen) atoms. The van der Waals surface area contributed by atoms with Crippen LogP contribution in [0.3, 0.4) is 0 Å². The second-order valence-electron chi connectivity index (χ2n) is 4.78. The highest BCUT2D eigenvalue weighted by molar-refractivity contribution is 9.10. The summed E-state index contributed by atoms with van der Waals surface area (Å²) in [6.45, 7) is 0. The summed E-state index contributed by atoms with van der Waals surface area (Å²) in [5.41, 5.74) is 0.287. The lowest BCUT2D eigenvalue weighted by Gasteiger charge is -2.01. The molecular weight excluding hydrogens is 400 g/mol. The molecule has 0 spiro atoms. The first-order chi connectivity index (χ1) is 11.5. The van der Waals surface area contributed by atoms with Crippen molar-refractivity contribution >= 4 is 55.2 Å². The molecule has 0 aliphatic rings. The van der Waals surface area contributed by atoms with Crippen LogP contribution >= 0.6 is 27.5 Å². The molecule has 2 aromatic carbocycles. The summed E-state index contributed by atoms with van der Waals surface area (Å²) >= 11 is 9.28. The van der Waals surface area contributed by atoms with Crippen molar-refractivity contribution in [2.24, 2.45) is 0 Å². The Labute approximate surface area is 148 Å². The predicted octanol–water partition coefficient (Wildman–Crippen LogP) is 4.60. The van der Waals surface area contributed by atoms with E-state index in [4.69, 9.17) is 16.0 Å². The topological polar surface area (TPSA) is 86.2 Å². The highest BCUT2D eigenvalue weighted by atomic mass is 79.9. The lowest BCUT2D eigenvalue weighted by Crippen LogP contribution is -2.03. The molecular formula is C16H8BrClN2O4. The number of para-hydroxylation sites is 1. The largest absolute Gasteiger partial charge is 0.402 e. The number of hydrogen-bond acceptors (Lipinski definition) is 5. The molecule has 8 heteroatoms. The number of aromatic nitrogens is 1. The first kappa shape index (κ1) is 16.4. The van der Waals surface area contributed by atoms with Crippen LogP contribution in [0.5, 0.6) is 0 Å². The summed E-state index contributed by atoms with van der Waals surface area (Å²) < 4.78 is 5.47. The van der Waals surface area contributed by atoms with E-state index in [0.717, 1.165) is 0 Å². The lowest BCUT2D eigenvalue weighted by molar-refractivity contribution is -0.385. The monoisotopic (exact) mass is 406 g/mol. The average molecular weight is 408 g/mol. The zero-order valence-corrected chi connectivity index (χ0v) is 14.2. The lowest BCUT2D eigenvalue weighted by atomic mass is 10.2. The summed E-state index contributed by atoms with van der Waals surface area (Å²) in [5, 5.41) is 11.4. The van der Waals surface area contributed by atoms with Gasteiger partial charge >= 0.3 is 5.63 Å². The van der Waals surface area contributed by atoms with E-state index in [0.29, 0.717) is 20.9 Å². The fourth-order valence-corrected chi connectivity index (χ4v) is 2.69. The van der Waals surface area contributed by atoms with Crippen molar-refractivity contribution in [1.29, 1.82) is 0 Å². The van der Waals surface area contributed by atoms with E-state index in [2.05, 4.69) is 20.9 Å². The number of nitrogens with zero attached hydrogens (tertiary/aromatic N) is 2. The van der Waals surface area contributed by atoms with Crippen molar-refractivity contribution in [3.63, 3.8) is 0 Å². The summed E-state index contributed by atoms with van der Waals surface area (Å²) in [7, 11) is 0. The van der Waals surface area contributed by atoms with Crippen molar-refractivity contribution in [1.82, 2.24) is 4.98 Å². The molecule has 6 nitrogen and oxygen atoms in total. The number of hydrogen-bond donors (Lipinski definition) is 0. The molecule has 120 valence electrons. The van der Waals surface area contributed by atoms with Gasteiger partial charge in [0.05, 0.1) is 20.3 Å². The average Bonchev–Trinajstić information content (AvgIpc) is 2.56. The second kappa shape index (κ2) is 6.54. The van der Waals surface area contributed by atoms with Crippen LogP contribution in [-0.4, -0.2) is 9.91 Å². The summed E-state index contributed by atoms with van der Waals surface area (Å²) in [6.07, 6.45) is 1.45.